The first-order valence-electron chi connectivity index (χ1n) is 6.87. The zero-order chi connectivity index (χ0) is 14.3. The van der Waals surface area contributed by atoms with Crippen LogP contribution in [0.3, 0.4) is 0 Å². The van der Waals surface area contributed by atoms with Crippen molar-refractivity contribution in [3.05, 3.63) is 29.8 Å². The van der Waals surface area contributed by atoms with E-state index in [4.69, 9.17) is 5.73 Å². The van der Waals surface area contributed by atoms with E-state index in [1.807, 2.05) is 45.2 Å². The highest BCUT2D eigenvalue weighted by Gasteiger charge is 2.33. The van der Waals surface area contributed by atoms with Gasteiger partial charge in [-0.2, -0.15) is 0 Å². The molecule has 4 nitrogen and oxygen atoms in total. The van der Waals surface area contributed by atoms with Crippen molar-refractivity contribution < 1.29 is 4.79 Å². The van der Waals surface area contributed by atoms with E-state index in [0.29, 0.717) is 6.54 Å². The van der Waals surface area contributed by atoms with E-state index in [9.17, 15) is 4.79 Å². The lowest BCUT2D eigenvalue weighted by atomic mass is 9.81. The van der Waals surface area contributed by atoms with E-state index < -0.39 is 5.41 Å². The predicted molar refractivity (Wildman–Crippen MR) is 94.4 cm³/mol. The summed E-state index contributed by atoms with van der Waals surface area (Å²) in [7, 11) is 1.90. The van der Waals surface area contributed by atoms with Gasteiger partial charge in [0.2, 0.25) is 5.91 Å². The van der Waals surface area contributed by atoms with Gasteiger partial charge in [-0.05, 0) is 37.6 Å². The lowest BCUT2D eigenvalue weighted by Gasteiger charge is -2.28. The van der Waals surface area contributed by atoms with E-state index in [0.717, 1.165) is 30.6 Å². The maximum absolute atomic E-state index is 12.4. The first kappa shape index (κ1) is 22.5. The fourth-order valence-corrected chi connectivity index (χ4v) is 2.18. The second-order valence-electron chi connectivity index (χ2n) is 4.88. The van der Waals surface area contributed by atoms with Gasteiger partial charge in [-0.25, -0.2) is 0 Å². The lowest BCUT2D eigenvalue weighted by Crippen LogP contribution is -2.41. The number of anilines is 1. The summed E-state index contributed by atoms with van der Waals surface area (Å²) in [6.45, 7) is 5.18. The maximum Gasteiger partial charge on any atom is 0.231 e. The average molecular weight is 336 g/mol. The van der Waals surface area contributed by atoms with Crippen molar-refractivity contribution >= 4 is 36.4 Å². The quantitative estimate of drug-likeness (QED) is 0.717. The molecule has 0 saturated heterocycles. The third-order valence-electron chi connectivity index (χ3n) is 3.79. The SMILES string of the molecule is CCC(CC)(CN)C(=O)Nc1cccc(CNC)c1.Cl.Cl. The van der Waals surface area contributed by atoms with Gasteiger partial charge in [0, 0.05) is 18.8 Å². The summed E-state index contributed by atoms with van der Waals surface area (Å²) in [5.41, 5.74) is 7.31. The monoisotopic (exact) mass is 335 g/mol. The molecular formula is C15H27Cl2N3O. The highest BCUT2D eigenvalue weighted by Crippen LogP contribution is 2.27. The molecule has 0 aliphatic rings. The van der Waals surface area contributed by atoms with Crippen LogP contribution in [0.1, 0.15) is 32.3 Å². The molecule has 0 saturated carbocycles. The molecule has 0 atom stereocenters. The van der Waals surface area contributed by atoms with Crippen LogP contribution in [-0.4, -0.2) is 19.5 Å². The van der Waals surface area contributed by atoms with Crippen molar-refractivity contribution in [3.63, 3.8) is 0 Å². The Hall–Kier alpha value is -0.810. The number of halogens is 2. The summed E-state index contributed by atoms with van der Waals surface area (Å²) in [6, 6.07) is 7.87. The number of carbonyl (C=O) groups excluding carboxylic acids is 1. The van der Waals surface area contributed by atoms with Crippen molar-refractivity contribution in [2.75, 3.05) is 18.9 Å². The standard InChI is InChI=1S/C15H25N3O.2ClH/c1-4-15(5-2,11-16)14(19)18-13-8-6-7-12(9-13)10-17-3;;/h6-9,17H,4-5,10-11,16H2,1-3H3,(H,18,19);2*1H. The number of rotatable bonds is 7. The number of carbonyl (C=O) groups is 1. The topological polar surface area (TPSA) is 67.2 Å². The van der Waals surface area contributed by atoms with Crippen molar-refractivity contribution in [1.82, 2.24) is 5.32 Å². The van der Waals surface area contributed by atoms with E-state index in [1.165, 1.54) is 0 Å². The summed E-state index contributed by atoms with van der Waals surface area (Å²) in [6.07, 6.45) is 1.50. The highest BCUT2D eigenvalue weighted by atomic mass is 35.5. The van der Waals surface area contributed by atoms with Crippen LogP contribution in [0.5, 0.6) is 0 Å². The van der Waals surface area contributed by atoms with Gasteiger partial charge in [0.15, 0.2) is 0 Å². The van der Waals surface area contributed by atoms with Gasteiger partial charge in [0.05, 0.1) is 5.41 Å². The Morgan fingerprint density at radius 1 is 1.24 bits per heavy atom. The predicted octanol–water partition coefficient (Wildman–Crippen LogP) is 2.95. The Bertz CT molecular complexity index is 415. The van der Waals surface area contributed by atoms with E-state index in [1.54, 1.807) is 0 Å². The first-order chi connectivity index (χ1) is 9.11. The van der Waals surface area contributed by atoms with Crippen LogP contribution in [0.15, 0.2) is 24.3 Å². The zero-order valence-corrected chi connectivity index (χ0v) is 14.6. The molecule has 0 unspecified atom stereocenters. The molecule has 0 heterocycles. The molecule has 0 spiro atoms. The van der Waals surface area contributed by atoms with Crippen LogP contribution in [0.2, 0.25) is 0 Å². The van der Waals surface area contributed by atoms with Gasteiger partial charge in [-0.1, -0.05) is 26.0 Å². The number of hydrogen-bond acceptors (Lipinski definition) is 3. The summed E-state index contributed by atoms with van der Waals surface area (Å²) < 4.78 is 0. The first-order valence-corrected chi connectivity index (χ1v) is 6.87. The fourth-order valence-electron chi connectivity index (χ4n) is 2.18. The summed E-state index contributed by atoms with van der Waals surface area (Å²) >= 11 is 0. The lowest BCUT2D eigenvalue weighted by molar-refractivity contribution is -0.125. The van der Waals surface area contributed by atoms with Crippen LogP contribution in [-0.2, 0) is 11.3 Å². The summed E-state index contributed by atoms with van der Waals surface area (Å²) in [5.74, 6) is 0.0154. The number of hydrogen-bond donors (Lipinski definition) is 3. The van der Waals surface area contributed by atoms with Gasteiger partial charge in [0.25, 0.3) is 0 Å². The minimum Gasteiger partial charge on any atom is -0.329 e. The van der Waals surface area contributed by atoms with Gasteiger partial charge in [0.1, 0.15) is 0 Å². The largest absolute Gasteiger partial charge is 0.329 e. The molecule has 0 radical (unpaired) electrons. The van der Waals surface area contributed by atoms with Gasteiger partial charge >= 0.3 is 0 Å². The van der Waals surface area contributed by atoms with Crippen LogP contribution < -0.4 is 16.4 Å². The smallest absolute Gasteiger partial charge is 0.231 e. The Morgan fingerprint density at radius 2 is 1.86 bits per heavy atom. The minimum atomic E-state index is -0.459. The van der Waals surface area contributed by atoms with Gasteiger partial charge < -0.3 is 16.4 Å². The van der Waals surface area contributed by atoms with Crippen molar-refractivity contribution in [1.29, 1.82) is 0 Å². The molecule has 1 rings (SSSR count). The molecule has 1 aromatic carbocycles. The highest BCUT2D eigenvalue weighted by molar-refractivity contribution is 5.95. The van der Waals surface area contributed by atoms with Crippen LogP contribution in [0.25, 0.3) is 0 Å². The van der Waals surface area contributed by atoms with Crippen LogP contribution in [0, 0.1) is 5.41 Å². The molecule has 122 valence electrons. The Morgan fingerprint density at radius 3 is 2.33 bits per heavy atom. The second-order valence-corrected chi connectivity index (χ2v) is 4.88. The van der Waals surface area contributed by atoms with E-state index in [-0.39, 0.29) is 30.7 Å². The molecular weight excluding hydrogens is 309 g/mol. The third kappa shape index (κ3) is 5.83. The molecule has 21 heavy (non-hydrogen) atoms. The van der Waals surface area contributed by atoms with E-state index in [2.05, 4.69) is 10.6 Å². The number of nitrogens with two attached hydrogens (primary N) is 1. The molecule has 4 N–H and O–H groups in total. The van der Waals surface area contributed by atoms with Crippen LogP contribution >= 0.6 is 24.8 Å². The van der Waals surface area contributed by atoms with Crippen molar-refractivity contribution in [2.45, 2.75) is 33.2 Å². The molecule has 1 amide bonds. The molecule has 0 bridgehead atoms. The molecule has 0 aliphatic heterocycles. The number of amides is 1. The fraction of sp³-hybridized carbons (Fsp3) is 0.533. The molecule has 6 heteroatoms. The average Bonchev–Trinajstić information content (AvgIpc) is 2.42. The second kappa shape index (κ2) is 10.9. The van der Waals surface area contributed by atoms with E-state index >= 15 is 0 Å². The van der Waals surface area contributed by atoms with Crippen LogP contribution in [0.4, 0.5) is 5.69 Å². The summed E-state index contributed by atoms with van der Waals surface area (Å²) in [4.78, 5) is 12.4. The molecule has 0 aliphatic carbocycles. The Kier molecular flexibility index (Phi) is 11.6. The zero-order valence-electron chi connectivity index (χ0n) is 12.9. The Labute approximate surface area is 140 Å². The number of nitrogens with one attached hydrogen (secondary N) is 2. The number of benzene rings is 1. The van der Waals surface area contributed by atoms with Crippen molar-refractivity contribution in [2.24, 2.45) is 11.1 Å². The van der Waals surface area contributed by atoms with Gasteiger partial charge in [-0.15, -0.1) is 24.8 Å². The molecule has 1 aromatic rings. The molecule has 0 aromatic heterocycles. The normalized spacial score (nSPS) is 10.3. The maximum atomic E-state index is 12.4. The third-order valence-corrected chi connectivity index (χ3v) is 3.79. The minimum absolute atomic E-state index is 0. The summed E-state index contributed by atoms with van der Waals surface area (Å²) in [5, 5.41) is 6.08. The Balaban J connectivity index is 0. The van der Waals surface area contributed by atoms with Gasteiger partial charge in [-0.3, -0.25) is 4.79 Å². The van der Waals surface area contributed by atoms with Crippen molar-refractivity contribution in [3.8, 4) is 0 Å². The molecule has 0 fully saturated rings.